The highest BCUT2D eigenvalue weighted by Crippen LogP contribution is 2.22. The maximum Gasteiger partial charge on any atom is 0.313 e. The van der Waals surface area contributed by atoms with E-state index in [0.717, 1.165) is 28.0 Å². The van der Waals surface area contributed by atoms with Crippen molar-refractivity contribution in [1.82, 2.24) is 5.32 Å². The lowest BCUT2D eigenvalue weighted by molar-refractivity contribution is -0.136. The highest BCUT2D eigenvalue weighted by molar-refractivity contribution is 6.39. The maximum absolute atomic E-state index is 12.2. The zero-order valence-electron chi connectivity index (χ0n) is 15.3. The van der Waals surface area contributed by atoms with E-state index in [1.807, 2.05) is 64.1 Å². The second kappa shape index (κ2) is 7.83. The molecule has 2 amide bonds. The molecule has 132 valence electrons. The first-order valence-corrected chi connectivity index (χ1v) is 8.15. The van der Waals surface area contributed by atoms with Crippen LogP contribution < -0.4 is 15.4 Å². The van der Waals surface area contributed by atoms with Gasteiger partial charge in [-0.05, 0) is 56.5 Å². The number of carbonyl (C=O) groups is 2. The Labute approximate surface area is 148 Å². The van der Waals surface area contributed by atoms with E-state index in [9.17, 15) is 9.59 Å². The molecule has 0 aromatic heterocycles. The summed E-state index contributed by atoms with van der Waals surface area (Å²) in [5.74, 6) is -0.594. The predicted molar refractivity (Wildman–Crippen MR) is 98.8 cm³/mol. The molecule has 1 unspecified atom stereocenters. The molecule has 0 aliphatic carbocycles. The monoisotopic (exact) mass is 340 g/mol. The number of hydrogen-bond donors (Lipinski definition) is 2. The summed E-state index contributed by atoms with van der Waals surface area (Å²) in [7, 11) is 1.60. The largest absolute Gasteiger partial charge is 0.497 e. The fourth-order valence-electron chi connectivity index (χ4n) is 2.79. The molecule has 2 N–H and O–H groups in total. The molecular formula is C20H24N2O3. The SMILES string of the molecule is COc1ccc(C(C)NC(=O)C(=O)Nc2c(C)cc(C)cc2C)cc1. The van der Waals surface area contributed by atoms with Gasteiger partial charge in [0.15, 0.2) is 0 Å². The Morgan fingerprint density at radius 1 is 0.960 bits per heavy atom. The highest BCUT2D eigenvalue weighted by atomic mass is 16.5. The van der Waals surface area contributed by atoms with Crippen molar-refractivity contribution in [3.05, 3.63) is 58.7 Å². The molecule has 0 heterocycles. The summed E-state index contributed by atoms with van der Waals surface area (Å²) in [5.41, 5.74) is 4.56. The molecule has 0 saturated heterocycles. The van der Waals surface area contributed by atoms with Gasteiger partial charge in [-0.1, -0.05) is 29.8 Å². The van der Waals surface area contributed by atoms with Crippen LogP contribution in [0.2, 0.25) is 0 Å². The van der Waals surface area contributed by atoms with Gasteiger partial charge in [-0.15, -0.1) is 0 Å². The van der Waals surface area contributed by atoms with E-state index in [1.165, 1.54) is 0 Å². The van der Waals surface area contributed by atoms with Gasteiger partial charge >= 0.3 is 11.8 Å². The number of methoxy groups -OCH3 is 1. The van der Waals surface area contributed by atoms with E-state index in [2.05, 4.69) is 10.6 Å². The molecule has 25 heavy (non-hydrogen) atoms. The van der Waals surface area contributed by atoms with Crippen LogP contribution in [0.5, 0.6) is 5.75 Å². The minimum atomic E-state index is -0.671. The van der Waals surface area contributed by atoms with Crippen molar-refractivity contribution in [1.29, 1.82) is 0 Å². The van der Waals surface area contributed by atoms with Crippen molar-refractivity contribution >= 4 is 17.5 Å². The quantitative estimate of drug-likeness (QED) is 0.838. The van der Waals surface area contributed by atoms with E-state index in [0.29, 0.717) is 5.69 Å². The van der Waals surface area contributed by atoms with Crippen molar-refractivity contribution in [2.24, 2.45) is 0 Å². The van der Waals surface area contributed by atoms with Gasteiger partial charge in [-0.25, -0.2) is 0 Å². The first-order valence-electron chi connectivity index (χ1n) is 8.15. The summed E-state index contributed by atoms with van der Waals surface area (Å²) in [6.07, 6.45) is 0. The van der Waals surface area contributed by atoms with Crippen LogP contribution in [-0.4, -0.2) is 18.9 Å². The van der Waals surface area contributed by atoms with Crippen molar-refractivity contribution in [2.45, 2.75) is 33.7 Å². The van der Waals surface area contributed by atoms with E-state index in [-0.39, 0.29) is 6.04 Å². The van der Waals surface area contributed by atoms with E-state index < -0.39 is 11.8 Å². The molecule has 0 bridgehead atoms. The molecule has 2 aromatic rings. The zero-order valence-corrected chi connectivity index (χ0v) is 15.3. The molecule has 0 spiro atoms. The third-order valence-electron chi connectivity index (χ3n) is 4.09. The Hall–Kier alpha value is -2.82. The fourth-order valence-corrected chi connectivity index (χ4v) is 2.79. The maximum atomic E-state index is 12.2. The van der Waals surface area contributed by atoms with Crippen molar-refractivity contribution in [3.63, 3.8) is 0 Å². The van der Waals surface area contributed by atoms with Crippen LogP contribution >= 0.6 is 0 Å². The second-order valence-corrected chi connectivity index (χ2v) is 6.20. The Morgan fingerprint density at radius 3 is 2.04 bits per heavy atom. The van der Waals surface area contributed by atoms with Gasteiger partial charge in [0, 0.05) is 5.69 Å². The summed E-state index contributed by atoms with van der Waals surface area (Å²) in [6, 6.07) is 11.0. The molecule has 2 rings (SSSR count). The summed E-state index contributed by atoms with van der Waals surface area (Å²) < 4.78 is 5.11. The standard InChI is InChI=1S/C20H24N2O3/c1-12-10-13(2)18(14(3)11-12)22-20(24)19(23)21-15(4)16-6-8-17(25-5)9-7-16/h6-11,15H,1-5H3,(H,21,23)(H,22,24). The predicted octanol–water partition coefficient (Wildman–Crippen LogP) is 3.44. The third-order valence-corrected chi connectivity index (χ3v) is 4.09. The number of nitrogens with one attached hydrogen (secondary N) is 2. The van der Waals surface area contributed by atoms with Crippen LogP contribution in [0.3, 0.4) is 0 Å². The summed E-state index contributed by atoms with van der Waals surface area (Å²) in [4.78, 5) is 24.4. The number of rotatable bonds is 4. The van der Waals surface area contributed by atoms with E-state index in [1.54, 1.807) is 7.11 Å². The Bertz CT molecular complexity index is 759. The second-order valence-electron chi connectivity index (χ2n) is 6.20. The molecule has 5 heteroatoms. The summed E-state index contributed by atoms with van der Waals surface area (Å²) >= 11 is 0. The number of aryl methyl sites for hydroxylation is 3. The van der Waals surface area contributed by atoms with Crippen LogP contribution in [0.15, 0.2) is 36.4 Å². The minimum absolute atomic E-state index is 0.288. The van der Waals surface area contributed by atoms with Gasteiger partial charge in [-0.2, -0.15) is 0 Å². The number of benzene rings is 2. The van der Waals surface area contributed by atoms with Gasteiger partial charge in [-0.3, -0.25) is 9.59 Å². The van der Waals surface area contributed by atoms with Crippen LogP contribution in [0.4, 0.5) is 5.69 Å². The van der Waals surface area contributed by atoms with Gasteiger partial charge in [0.05, 0.1) is 13.2 Å². The average Bonchev–Trinajstić information content (AvgIpc) is 2.57. The summed E-state index contributed by atoms with van der Waals surface area (Å²) in [6.45, 7) is 7.64. The summed E-state index contributed by atoms with van der Waals surface area (Å²) in [5, 5.41) is 5.42. The Morgan fingerprint density at radius 2 is 1.52 bits per heavy atom. The number of anilines is 1. The normalized spacial score (nSPS) is 11.6. The fraction of sp³-hybridized carbons (Fsp3) is 0.300. The van der Waals surface area contributed by atoms with Crippen molar-refractivity contribution in [3.8, 4) is 5.75 Å². The van der Waals surface area contributed by atoms with E-state index in [4.69, 9.17) is 4.74 Å². The third kappa shape index (κ3) is 4.59. The molecule has 0 aliphatic heterocycles. The van der Waals surface area contributed by atoms with Crippen LogP contribution in [-0.2, 0) is 9.59 Å². The van der Waals surface area contributed by atoms with Crippen LogP contribution in [0, 0.1) is 20.8 Å². The van der Waals surface area contributed by atoms with E-state index >= 15 is 0 Å². The van der Waals surface area contributed by atoms with Gasteiger partial charge < -0.3 is 15.4 Å². The van der Waals surface area contributed by atoms with Gasteiger partial charge in [0.2, 0.25) is 0 Å². The lowest BCUT2D eigenvalue weighted by Gasteiger charge is -2.16. The zero-order chi connectivity index (χ0) is 18.6. The lowest BCUT2D eigenvalue weighted by Crippen LogP contribution is -2.37. The molecule has 1 atom stereocenters. The molecule has 0 radical (unpaired) electrons. The minimum Gasteiger partial charge on any atom is -0.497 e. The number of hydrogen-bond acceptors (Lipinski definition) is 3. The first kappa shape index (κ1) is 18.5. The first-order chi connectivity index (χ1) is 11.8. The molecule has 2 aromatic carbocycles. The van der Waals surface area contributed by atoms with Gasteiger partial charge in [0.25, 0.3) is 0 Å². The Kier molecular flexibility index (Phi) is 5.80. The number of carbonyl (C=O) groups excluding carboxylic acids is 2. The van der Waals surface area contributed by atoms with Crippen molar-refractivity contribution < 1.29 is 14.3 Å². The Balaban J connectivity index is 2.03. The van der Waals surface area contributed by atoms with Crippen LogP contribution in [0.25, 0.3) is 0 Å². The molecule has 5 nitrogen and oxygen atoms in total. The number of amides is 2. The average molecular weight is 340 g/mol. The van der Waals surface area contributed by atoms with Gasteiger partial charge in [0.1, 0.15) is 5.75 Å². The lowest BCUT2D eigenvalue weighted by atomic mass is 10.1. The molecule has 0 aliphatic rings. The topological polar surface area (TPSA) is 67.4 Å². The smallest absolute Gasteiger partial charge is 0.313 e. The number of ether oxygens (including phenoxy) is 1. The molecule has 0 saturated carbocycles. The molecule has 0 fully saturated rings. The molecular weight excluding hydrogens is 316 g/mol. The van der Waals surface area contributed by atoms with Crippen molar-refractivity contribution in [2.75, 3.05) is 12.4 Å². The van der Waals surface area contributed by atoms with Crippen LogP contribution in [0.1, 0.15) is 35.2 Å². The highest BCUT2D eigenvalue weighted by Gasteiger charge is 2.18.